The molecule has 0 atom stereocenters. The third-order valence-electron chi connectivity index (χ3n) is 4.24. The van der Waals surface area contributed by atoms with Gasteiger partial charge in [-0.3, -0.25) is 4.79 Å². The molecule has 7 nitrogen and oxygen atoms in total. The van der Waals surface area contributed by atoms with Crippen molar-refractivity contribution in [3.8, 4) is 0 Å². The largest absolute Gasteiger partial charge is 0.350 e. The number of amides is 1. The molecule has 0 aliphatic heterocycles. The average molecular weight is 488 g/mol. The van der Waals surface area contributed by atoms with E-state index >= 15 is 0 Å². The van der Waals surface area contributed by atoms with Crippen molar-refractivity contribution < 1.29 is 9.18 Å². The molecule has 0 saturated carbocycles. The molecule has 30 heavy (non-hydrogen) atoms. The summed E-state index contributed by atoms with van der Waals surface area (Å²) in [6.45, 7) is 1.62. The van der Waals surface area contributed by atoms with E-state index in [9.17, 15) is 14.0 Å². The topological polar surface area (TPSA) is 81.3 Å². The van der Waals surface area contributed by atoms with Gasteiger partial charge >= 0.3 is 5.69 Å². The average Bonchev–Trinajstić information content (AvgIpc) is 3.01. The normalized spacial score (nSPS) is 11.0. The van der Waals surface area contributed by atoms with Crippen LogP contribution in [0.1, 0.15) is 5.56 Å². The Bertz CT molecular complexity index is 1320. The number of halogens is 2. The number of carbonyl (C=O) groups is 1. The van der Waals surface area contributed by atoms with Crippen molar-refractivity contribution in [1.82, 2.24) is 19.2 Å². The zero-order valence-corrected chi connectivity index (χ0v) is 18.1. The van der Waals surface area contributed by atoms with Gasteiger partial charge in [0.2, 0.25) is 5.91 Å². The highest BCUT2D eigenvalue weighted by atomic mass is 79.9. The number of nitrogens with zero attached hydrogens (tertiary/aromatic N) is 4. The highest BCUT2D eigenvalue weighted by molar-refractivity contribution is 9.10. The van der Waals surface area contributed by atoms with Gasteiger partial charge in [0, 0.05) is 27.4 Å². The molecule has 0 spiro atoms. The molecule has 0 unspecified atom stereocenters. The molecule has 0 saturated heterocycles. The molecule has 1 amide bonds. The van der Waals surface area contributed by atoms with Gasteiger partial charge in [0.05, 0.1) is 0 Å². The second kappa shape index (κ2) is 8.41. The van der Waals surface area contributed by atoms with Crippen LogP contribution in [0.4, 0.5) is 10.1 Å². The van der Waals surface area contributed by atoms with Crippen molar-refractivity contribution in [2.45, 2.75) is 23.4 Å². The van der Waals surface area contributed by atoms with Gasteiger partial charge < -0.3 is 5.32 Å². The van der Waals surface area contributed by atoms with E-state index in [1.54, 1.807) is 18.2 Å². The SMILES string of the molecule is Cc1cc(Br)ccc1NC(=O)Cn1nc2c(Sc3cccc(F)c3)nccn2c1=O. The summed E-state index contributed by atoms with van der Waals surface area (Å²) < 4.78 is 16.8. The van der Waals surface area contributed by atoms with Gasteiger partial charge in [-0.15, -0.1) is 5.10 Å². The quantitative estimate of drug-likeness (QED) is 0.461. The summed E-state index contributed by atoms with van der Waals surface area (Å²) in [6.07, 6.45) is 2.95. The number of hydrogen-bond donors (Lipinski definition) is 1. The molecule has 0 fully saturated rings. The first kappa shape index (κ1) is 20.3. The molecule has 2 aromatic carbocycles. The summed E-state index contributed by atoms with van der Waals surface area (Å²) in [5, 5.41) is 7.49. The van der Waals surface area contributed by atoms with E-state index in [1.165, 1.54) is 40.7 Å². The minimum absolute atomic E-state index is 0.250. The fraction of sp³-hybridized carbons (Fsp3) is 0.100. The van der Waals surface area contributed by atoms with Crippen molar-refractivity contribution >= 4 is 44.9 Å². The Kier molecular flexibility index (Phi) is 5.69. The zero-order chi connectivity index (χ0) is 21.3. The third-order valence-corrected chi connectivity index (χ3v) is 5.70. The molecule has 2 heterocycles. The molecule has 0 radical (unpaired) electrons. The van der Waals surface area contributed by atoms with Crippen LogP contribution in [0, 0.1) is 12.7 Å². The van der Waals surface area contributed by atoms with Crippen LogP contribution in [0.2, 0.25) is 0 Å². The maximum atomic E-state index is 13.5. The van der Waals surface area contributed by atoms with E-state index in [2.05, 4.69) is 31.3 Å². The Balaban J connectivity index is 1.60. The van der Waals surface area contributed by atoms with Crippen LogP contribution < -0.4 is 11.0 Å². The summed E-state index contributed by atoms with van der Waals surface area (Å²) in [6, 6.07) is 11.5. The van der Waals surface area contributed by atoms with Crippen LogP contribution >= 0.6 is 27.7 Å². The molecule has 4 rings (SSSR count). The van der Waals surface area contributed by atoms with E-state index < -0.39 is 5.69 Å². The van der Waals surface area contributed by atoms with E-state index in [-0.39, 0.29) is 18.3 Å². The molecule has 4 aromatic rings. The summed E-state index contributed by atoms with van der Waals surface area (Å²) in [4.78, 5) is 30.0. The molecule has 0 aliphatic carbocycles. The maximum Gasteiger partial charge on any atom is 0.350 e. The van der Waals surface area contributed by atoms with E-state index in [0.717, 1.165) is 14.7 Å². The monoisotopic (exact) mass is 487 g/mol. The number of rotatable bonds is 5. The third kappa shape index (κ3) is 4.29. The molecular formula is C20H15BrFN5O2S. The van der Waals surface area contributed by atoms with Crippen molar-refractivity contribution in [2.24, 2.45) is 0 Å². The molecular weight excluding hydrogens is 473 g/mol. The van der Waals surface area contributed by atoms with Gasteiger partial charge in [-0.25, -0.2) is 23.3 Å². The smallest absolute Gasteiger partial charge is 0.324 e. The van der Waals surface area contributed by atoms with Crippen LogP contribution in [0.25, 0.3) is 5.65 Å². The van der Waals surface area contributed by atoms with Gasteiger partial charge in [-0.1, -0.05) is 33.8 Å². The van der Waals surface area contributed by atoms with Crippen LogP contribution in [-0.4, -0.2) is 25.1 Å². The highest BCUT2D eigenvalue weighted by Gasteiger charge is 2.15. The number of nitrogens with one attached hydrogen (secondary N) is 1. The molecule has 10 heteroatoms. The summed E-state index contributed by atoms with van der Waals surface area (Å²) in [5.41, 5.74) is 1.38. The lowest BCUT2D eigenvalue weighted by Gasteiger charge is -2.08. The summed E-state index contributed by atoms with van der Waals surface area (Å²) >= 11 is 4.57. The van der Waals surface area contributed by atoms with Crippen molar-refractivity contribution in [3.63, 3.8) is 0 Å². The first-order valence-corrected chi connectivity index (χ1v) is 10.5. The first-order chi connectivity index (χ1) is 14.4. The van der Waals surface area contributed by atoms with Gasteiger partial charge in [0.15, 0.2) is 5.65 Å². The molecule has 2 aromatic heterocycles. The predicted molar refractivity (Wildman–Crippen MR) is 115 cm³/mol. The standard InChI is InChI=1S/C20H15BrFN5O2S/c1-12-9-13(21)5-6-16(12)24-17(28)11-27-20(29)26-8-7-23-19(18(26)25-27)30-15-4-2-3-14(22)10-15/h2-10H,11H2,1H3,(H,24,28). The maximum absolute atomic E-state index is 13.5. The Hall–Kier alpha value is -2.98. The van der Waals surface area contributed by atoms with E-state index in [1.807, 2.05) is 19.1 Å². The number of benzene rings is 2. The first-order valence-electron chi connectivity index (χ1n) is 8.84. The fourth-order valence-electron chi connectivity index (χ4n) is 2.84. The van der Waals surface area contributed by atoms with Gasteiger partial charge in [0.25, 0.3) is 0 Å². The predicted octanol–water partition coefficient (Wildman–Crippen LogP) is 3.89. The van der Waals surface area contributed by atoms with Crippen LogP contribution in [0.5, 0.6) is 0 Å². The van der Waals surface area contributed by atoms with E-state index in [4.69, 9.17) is 0 Å². The molecule has 1 N–H and O–H groups in total. The minimum atomic E-state index is -0.462. The Morgan fingerprint density at radius 2 is 2.10 bits per heavy atom. The van der Waals surface area contributed by atoms with Crippen molar-refractivity contribution in [2.75, 3.05) is 5.32 Å². The van der Waals surface area contributed by atoms with Gasteiger partial charge in [0.1, 0.15) is 17.4 Å². The number of aryl methyl sites for hydroxylation is 1. The molecule has 0 aliphatic rings. The number of anilines is 1. The van der Waals surface area contributed by atoms with Crippen LogP contribution in [0.15, 0.2) is 74.0 Å². The van der Waals surface area contributed by atoms with Crippen molar-refractivity contribution in [3.05, 3.63) is 81.2 Å². The Morgan fingerprint density at radius 3 is 2.87 bits per heavy atom. The minimum Gasteiger partial charge on any atom is -0.324 e. The Morgan fingerprint density at radius 1 is 1.27 bits per heavy atom. The molecule has 152 valence electrons. The number of fused-ring (bicyclic) bond motifs is 1. The number of carbonyl (C=O) groups excluding carboxylic acids is 1. The lowest BCUT2D eigenvalue weighted by atomic mass is 10.2. The highest BCUT2D eigenvalue weighted by Crippen LogP contribution is 2.28. The van der Waals surface area contributed by atoms with Crippen LogP contribution in [0.3, 0.4) is 0 Å². The number of hydrogen-bond acceptors (Lipinski definition) is 5. The Labute approximate surface area is 183 Å². The summed E-state index contributed by atoms with van der Waals surface area (Å²) in [5.74, 6) is -0.743. The number of aromatic nitrogens is 4. The van der Waals surface area contributed by atoms with E-state index in [0.29, 0.717) is 21.3 Å². The van der Waals surface area contributed by atoms with Gasteiger partial charge in [-0.2, -0.15) is 0 Å². The van der Waals surface area contributed by atoms with Crippen LogP contribution in [-0.2, 0) is 11.3 Å². The second-order valence-corrected chi connectivity index (χ2v) is 8.41. The second-order valence-electron chi connectivity index (χ2n) is 6.43. The van der Waals surface area contributed by atoms with Crippen molar-refractivity contribution in [1.29, 1.82) is 0 Å². The molecule has 0 bridgehead atoms. The van der Waals surface area contributed by atoms with Gasteiger partial charge in [-0.05, 0) is 48.9 Å². The lowest BCUT2D eigenvalue weighted by molar-refractivity contribution is -0.117. The summed E-state index contributed by atoms with van der Waals surface area (Å²) in [7, 11) is 0. The fourth-order valence-corrected chi connectivity index (χ4v) is 4.20. The zero-order valence-electron chi connectivity index (χ0n) is 15.7. The lowest BCUT2D eigenvalue weighted by Crippen LogP contribution is -2.28.